The summed E-state index contributed by atoms with van der Waals surface area (Å²) in [6.07, 6.45) is 4.99. The van der Waals surface area contributed by atoms with Gasteiger partial charge in [0.15, 0.2) is 0 Å². The van der Waals surface area contributed by atoms with E-state index in [1.165, 1.54) is 25.7 Å². The van der Waals surface area contributed by atoms with Crippen LogP contribution in [0, 0.1) is 22.0 Å². The van der Waals surface area contributed by atoms with Crippen LogP contribution >= 0.6 is 0 Å². The molecular formula is C14H22N4O2. The van der Waals surface area contributed by atoms with Gasteiger partial charge in [-0.25, -0.2) is 4.68 Å². The van der Waals surface area contributed by atoms with Gasteiger partial charge in [0.1, 0.15) is 5.69 Å². The van der Waals surface area contributed by atoms with Crippen LogP contribution in [0.2, 0.25) is 0 Å². The summed E-state index contributed by atoms with van der Waals surface area (Å²) in [7, 11) is 1.79. The van der Waals surface area contributed by atoms with Crippen molar-refractivity contribution in [2.24, 2.45) is 18.9 Å². The highest BCUT2D eigenvalue weighted by Crippen LogP contribution is 2.47. The molecule has 110 valence electrons. The first-order valence-electron chi connectivity index (χ1n) is 7.46. The van der Waals surface area contributed by atoms with Gasteiger partial charge in [-0.1, -0.05) is 13.8 Å². The van der Waals surface area contributed by atoms with Crippen LogP contribution in [0.5, 0.6) is 0 Å². The molecule has 1 N–H and O–H groups in total. The van der Waals surface area contributed by atoms with Gasteiger partial charge < -0.3 is 5.32 Å². The number of rotatable bonds is 6. The van der Waals surface area contributed by atoms with E-state index < -0.39 is 0 Å². The van der Waals surface area contributed by atoms with E-state index in [4.69, 9.17) is 0 Å². The van der Waals surface area contributed by atoms with Crippen molar-refractivity contribution in [2.45, 2.75) is 51.5 Å². The van der Waals surface area contributed by atoms with E-state index in [2.05, 4.69) is 10.4 Å². The Morgan fingerprint density at radius 1 is 1.30 bits per heavy atom. The minimum absolute atomic E-state index is 0.0532. The Labute approximate surface area is 118 Å². The summed E-state index contributed by atoms with van der Waals surface area (Å²) in [5.41, 5.74) is 0.735. The number of nitrogens with one attached hydrogen (secondary N) is 1. The van der Waals surface area contributed by atoms with Gasteiger partial charge in [-0.3, -0.25) is 10.1 Å². The Morgan fingerprint density at radius 2 is 1.85 bits per heavy atom. The third-order valence-corrected chi connectivity index (χ3v) is 4.34. The first-order valence-corrected chi connectivity index (χ1v) is 7.46. The lowest BCUT2D eigenvalue weighted by atomic mass is 10.1. The molecule has 0 amide bonds. The summed E-state index contributed by atoms with van der Waals surface area (Å²) >= 11 is 0. The highest BCUT2D eigenvalue weighted by molar-refractivity contribution is 5.61. The molecule has 2 fully saturated rings. The zero-order valence-corrected chi connectivity index (χ0v) is 12.3. The zero-order valence-electron chi connectivity index (χ0n) is 12.3. The number of aryl methyl sites for hydroxylation is 1. The average molecular weight is 278 g/mol. The van der Waals surface area contributed by atoms with Crippen LogP contribution in [0.25, 0.3) is 0 Å². The highest BCUT2D eigenvalue weighted by Gasteiger charge is 2.43. The topological polar surface area (TPSA) is 73.0 Å². The number of anilines is 1. The zero-order chi connectivity index (χ0) is 14.4. The van der Waals surface area contributed by atoms with Crippen molar-refractivity contribution in [1.29, 1.82) is 0 Å². The van der Waals surface area contributed by atoms with Crippen molar-refractivity contribution < 1.29 is 4.92 Å². The standard InChI is InChI=1S/C14H22N4O2/c1-8(2)11-13(18(19)20)14(17(3)16-11)15-12(9-4-5-9)10-6-7-10/h8-10,12,15H,4-7H2,1-3H3. The van der Waals surface area contributed by atoms with Gasteiger partial charge in [0.05, 0.1) is 4.92 Å². The van der Waals surface area contributed by atoms with E-state index in [0.29, 0.717) is 29.4 Å². The number of hydrogen-bond acceptors (Lipinski definition) is 4. The maximum Gasteiger partial charge on any atom is 0.334 e. The number of aromatic nitrogens is 2. The summed E-state index contributed by atoms with van der Waals surface area (Å²) in [6, 6.07) is 0.393. The van der Waals surface area contributed by atoms with Crippen molar-refractivity contribution >= 4 is 11.5 Å². The maximum atomic E-state index is 11.4. The van der Waals surface area contributed by atoms with E-state index in [1.807, 2.05) is 13.8 Å². The van der Waals surface area contributed by atoms with E-state index in [1.54, 1.807) is 11.7 Å². The molecule has 1 heterocycles. The molecule has 2 aliphatic rings. The monoisotopic (exact) mass is 278 g/mol. The van der Waals surface area contributed by atoms with Crippen LogP contribution in [0.3, 0.4) is 0 Å². The van der Waals surface area contributed by atoms with Crippen LogP contribution in [0.15, 0.2) is 0 Å². The Hall–Kier alpha value is -1.59. The van der Waals surface area contributed by atoms with E-state index in [0.717, 1.165) is 0 Å². The fourth-order valence-corrected chi connectivity index (χ4v) is 2.95. The minimum atomic E-state index is -0.290. The predicted molar refractivity (Wildman–Crippen MR) is 76.8 cm³/mol. The first kappa shape index (κ1) is 13.4. The lowest BCUT2D eigenvalue weighted by Crippen LogP contribution is -2.26. The summed E-state index contributed by atoms with van der Waals surface area (Å²) in [5.74, 6) is 2.03. The molecule has 2 saturated carbocycles. The molecule has 1 aromatic rings. The molecule has 0 spiro atoms. The highest BCUT2D eigenvalue weighted by atomic mass is 16.6. The second-order valence-electron chi connectivity index (χ2n) is 6.46. The van der Waals surface area contributed by atoms with Crippen LogP contribution in [0.4, 0.5) is 11.5 Å². The van der Waals surface area contributed by atoms with Crippen molar-refractivity contribution in [3.8, 4) is 0 Å². The largest absolute Gasteiger partial charge is 0.361 e. The van der Waals surface area contributed by atoms with Crippen LogP contribution in [-0.2, 0) is 7.05 Å². The Kier molecular flexibility index (Phi) is 3.18. The lowest BCUT2D eigenvalue weighted by molar-refractivity contribution is -0.384. The van der Waals surface area contributed by atoms with Crippen LogP contribution in [0.1, 0.15) is 51.1 Å². The molecule has 0 aliphatic heterocycles. The van der Waals surface area contributed by atoms with E-state index >= 15 is 0 Å². The van der Waals surface area contributed by atoms with Gasteiger partial charge in [0.2, 0.25) is 5.82 Å². The summed E-state index contributed by atoms with van der Waals surface area (Å²) in [5, 5.41) is 19.2. The summed E-state index contributed by atoms with van der Waals surface area (Å²) in [6.45, 7) is 3.89. The van der Waals surface area contributed by atoms with Crippen molar-refractivity contribution in [1.82, 2.24) is 9.78 Å². The van der Waals surface area contributed by atoms with Gasteiger partial charge in [-0.2, -0.15) is 5.10 Å². The fourth-order valence-electron chi connectivity index (χ4n) is 2.95. The normalized spacial score (nSPS) is 18.9. The van der Waals surface area contributed by atoms with Gasteiger partial charge in [-0.15, -0.1) is 0 Å². The first-order chi connectivity index (χ1) is 9.49. The summed E-state index contributed by atoms with van der Waals surface area (Å²) < 4.78 is 1.64. The minimum Gasteiger partial charge on any atom is -0.361 e. The molecule has 2 aliphatic carbocycles. The molecule has 20 heavy (non-hydrogen) atoms. The number of hydrogen-bond donors (Lipinski definition) is 1. The van der Waals surface area contributed by atoms with Crippen molar-refractivity contribution in [2.75, 3.05) is 5.32 Å². The van der Waals surface area contributed by atoms with Gasteiger partial charge in [0, 0.05) is 19.0 Å². The quantitative estimate of drug-likeness (QED) is 0.641. The number of nitro groups is 1. The van der Waals surface area contributed by atoms with Crippen LogP contribution in [-0.4, -0.2) is 20.7 Å². The SMILES string of the molecule is CC(C)c1nn(C)c(NC(C2CC2)C2CC2)c1[N+](=O)[O-]. The average Bonchev–Trinajstić information content (AvgIpc) is 3.24. The molecule has 0 unspecified atom stereocenters. The Bertz CT molecular complexity index is 518. The Morgan fingerprint density at radius 3 is 2.25 bits per heavy atom. The molecule has 0 radical (unpaired) electrons. The van der Waals surface area contributed by atoms with E-state index in [9.17, 15) is 10.1 Å². The maximum absolute atomic E-state index is 11.4. The molecule has 6 nitrogen and oxygen atoms in total. The molecule has 0 bridgehead atoms. The molecule has 1 aromatic heterocycles. The molecule has 6 heteroatoms. The number of nitrogens with zero attached hydrogens (tertiary/aromatic N) is 3. The second kappa shape index (κ2) is 4.75. The predicted octanol–water partition coefficient (Wildman–Crippen LogP) is 3.05. The molecular weight excluding hydrogens is 256 g/mol. The Balaban J connectivity index is 1.92. The molecule has 0 aromatic carbocycles. The third kappa shape index (κ3) is 2.39. The van der Waals surface area contributed by atoms with Crippen molar-refractivity contribution in [3.05, 3.63) is 15.8 Å². The van der Waals surface area contributed by atoms with Crippen LogP contribution < -0.4 is 5.32 Å². The van der Waals surface area contributed by atoms with Gasteiger partial charge in [-0.05, 0) is 37.5 Å². The van der Waals surface area contributed by atoms with Gasteiger partial charge >= 0.3 is 5.69 Å². The third-order valence-electron chi connectivity index (χ3n) is 4.34. The van der Waals surface area contributed by atoms with Gasteiger partial charge in [0.25, 0.3) is 0 Å². The molecule has 0 saturated heterocycles. The van der Waals surface area contributed by atoms with E-state index in [-0.39, 0.29) is 16.5 Å². The second-order valence-corrected chi connectivity index (χ2v) is 6.46. The smallest absolute Gasteiger partial charge is 0.334 e. The molecule has 3 rings (SSSR count). The molecule has 0 atom stereocenters. The lowest BCUT2D eigenvalue weighted by Gasteiger charge is -2.18. The van der Waals surface area contributed by atoms with Crippen molar-refractivity contribution in [3.63, 3.8) is 0 Å². The fraction of sp³-hybridized carbons (Fsp3) is 0.786. The summed E-state index contributed by atoms with van der Waals surface area (Å²) in [4.78, 5) is 11.1.